The average molecular weight is 467 g/mol. The van der Waals surface area contributed by atoms with Crippen LogP contribution in [0.2, 0.25) is 0 Å². The number of ether oxygens (including phenoxy) is 1. The highest BCUT2D eigenvalue weighted by atomic mass is 32.2. The first-order valence-corrected chi connectivity index (χ1v) is 11.4. The van der Waals surface area contributed by atoms with Crippen LogP contribution < -0.4 is 4.74 Å². The first-order valence-electron chi connectivity index (χ1n) is 9.75. The summed E-state index contributed by atoms with van der Waals surface area (Å²) in [7, 11) is 0. The van der Waals surface area contributed by atoms with Gasteiger partial charge in [-0.05, 0) is 47.9 Å². The Morgan fingerprint density at radius 2 is 1.88 bits per heavy atom. The molecule has 1 atom stereocenters. The molecule has 0 spiro atoms. The molecule has 0 amide bonds. The molecule has 32 heavy (non-hydrogen) atoms. The number of Topliss-reactive ketones (excluding diaryl/α,β-unsaturated/α-hetero) is 1. The molecule has 1 aliphatic rings. The summed E-state index contributed by atoms with van der Waals surface area (Å²) < 4.78 is 5.73. The minimum Gasteiger partial charge on any atom is -0.489 e. The highest BCUT2D eigenvalue weighted by molar-refractivity contribution is 8.19. The molecule has 1 fully saturated rings. The lowest BCUT2D eigenvalue weighted by molar-refractivity contribution is -0.384. The van der Waals surface area contributed by atoms with Crippen molar-refractivity contribution in [2.75, 3.05) is 0 Å². The summed E-state index contributed by atoms with van der Waals surface area (Å²) in [5.74, 6) is -0.145. The van der Waals surface area contributed by atoms with Crippen LogP contribution in [0.1, 0.15) is 34.0 Å². The van der Waals surface area contributed by atoms with Crippen molar-refractivity contribution in [3.8, 4) is 5.75 Å². The quantitative estimate of drug-likeness (QED) is 0.295. The highest BCUT2D eigenvalue weighted by Crippen LogP contribution is 2.41. The lowest BCUT2D eigenvalue weighted by Gasteiger charge is -2.06. The number of rotatable bonds is 7. The molecule has 1 N–H and O–H groups in total. The number of ketones is 1. The summed E-state index contributed by atoms with van der Waals surface area (Å²) in [4.78, 5) is 23.6. The number of aryl methyl sites for hydroxylation is 1. The molecule has 0 unspecified atom stereocenters. The van der Waals surface area contributed by atoms with Crippen LogP contribution >= 0.6 is 23.1 Å². The van der Waals surface area contributed by atoms with Crippen LogP contribution in [0.4, 0.5) is 5.69 Å². The number of hydrogen-bond donors (Lipinski definition) is 1. The van der Waals surface area contributed by atoms with Crippen molar-refractivity contribution in [1.82, 2.24) is 10.2 Å². The summed E-state index contributed by atoms with van der Waals surface area (Å²) in [6, 6.07) is 13.5. The predicted octanol–water partition coefficient (Wildman–Crippen LogP) is 5.01. The first-order chi connectivity index (χ1) is 15.4. The Labute approximate surface area is 192 Å². The highest BCUT2D eigenvalue weighted by Gasteiger charge is 2.39. The number of carbonyl (C=O) groups excluding carboxylic acids is 1. The number of benzene rings is 2. The van der Waals surface area contributed by atoms with E-state index in [1.54, 1.807) is 30.3 Å². The normalized spacial score (nSPS) is 17.2. The lowest BCUT2D eigenvalue weighted by Crippen LogP contribution is -2.11. The van der Waals surface area contributed by atoms with E-state index in [2.05, 4.69) is 10.2 Å². The SMILES string of the molecule is CCc1nnc([C@@H]2C(=N)S/C(=C\c3ccc(OCc4ccc([N+](=O)[O-])cc4)cc3)C2=O)s1. The van der Waals surface area contributed by atoms with Gasteiger partial charge in [-0.25, -0.2) is 0 Å². The van der Waals surface area contributed by atoms with E-state index < -0.39 is 10.8 Å². The van der Waals surface area contributed by atoms with Crippen molar-refractivity contribution in [2.24, 2.45) is 0 Å². The summed E-state index contributed by atoms with van der Waals surface area (Å²) >= 11 is 2.54. The van der Waals surface area contributed by atoms with Crippen LogP contribution in [0.3, 0.4) is 0 Å². The van der Waals surface area contributed by atoms with Crippen molar-refractivity contribution in [3.05, 3.63) is 84.7 Å². The van der Waals surface area contributed by atoms with E-state index in [4.69, 9.17) is 10.1 Å². The fourth-order valence-corrected chi connectivity index (χ4v) is 4.99. The monoisotopic (exact) mass is 466 g/mol. The molecule has 1 aliphatic heterocycles. The van der Waals surface area contributed by atoms with Gasteiger partial charge in [0.25, 0.3) is 5.69 Å². The summed E-state index contributed by atoms with van der Waals surface area (Å²) in [6.45, 7) is 2.26. The zero-order valence-corrected chi connectivity index (χ0v) is 18.6. The largest absolute Gasteiger partial charge is 0.489 e. The predicted molar refractivity (Wildman–Crippen MR) is 124 cm³/mol. The third-order valence-corrected chi connectivity index (χ3v) is 6.88. The number of carbonyl (C=O) groups is 1. The van der Waals surface area contributed by atoms with Gasteiger partial charge in [-0.3, -0.25) is 20.3 Å². The van der Waals surface area contributed by atoms with E-state index in [1.807, 2.05) is 19.1 Å². The van der Waals surface area contributed by atoms with Gasteiger partial charge in [0.2, 0.25) is 0 Å². The maximum atomic E-state index is 12.9. The molecule has 0 saturated carbocycles. The number of hydrogen-bond acceptors (Lipinski definition) is 9. The van der Waals surface area contributed by atoms with Gasteiger partial charge in [0.1, 0.15) is 28.3 Å². The topological polar surface area (TPSA) is 119 Å². The lowest BCUT2D eigenvalue weighted by atomic mass is 10.1. The van der Waals surface area contributed by atoms with E-state index >= 15 is 0 Å². The Morgan fingerprint density at radius 3 is 2.50 bits per heavy atom. The molecule has 8 nitrogen and oxygen atoms in total. The fourth-order valence-electron chi connectivity index (χ4n) is 3.03. The Hall–Kier alpha value is -3.37. The second kappa shape index (κ2) is 9.41. The second-order valence-electron chi connectivity index (χ2n) is 6.94. The molecule has 162 valence electrons. The molecule has 0 bridgehead atoms. The van der Waals surface area contributed by atoms with Gasteiger partial charge >= 0.3 is 0 Å². The van der Waals surface area contributed by atoms with Gasteiger partial charge in [0, 0.05) is 12.1 Å². The summed E-state index contributed by atoms with van der Waals surface area (Å²) in [5, 5.41) is 28.8. The van der Waals surface area contributed by atoms with Crippen molar-refractivity contribution < 1.29 is 14.5 Å². The van der Waals surface area contributed by atoms with Crippen molar-refractivity contribution in [3.63, 3.8) is 0 Å². The first kappa shape index (κ1) is 21.8. The minimum atomic E-state index is -0.659. The van der Waals surface area contributed by atoms with Gasteiger partial charge in [-0.2, -0.15) is 0 Å². The molecule has 1 aromatic heterocycles. The van der Waals surface area contributed by atoms with E-state index in [0.29, 0.717) is 15.7 Å². The molecule has 2 heterocycles. The summed E-state index contributed by atoms with van der Waals surface area (Å²) in [6.07, 6.45) is 2.52. The van der Waals surface area contributed by atoms with Gasteiger partial charge in [-0.1, -0.05) is 30.8 Å². The second-order valence-corrected chi connectivity index (χ2v) is 9.12. The molecular formula is C22H18N4O4S2. The standard InChI is InChI=1S/C22H18N4O4S2/c1-2-18-24-25-22(32-18)19-20(27)17(31-21(19)23)11-13-5-9-16(10-6-13)30-12-14-3-7-15(8-4-14)26(28)29/h3-11,19,23H,2,12H2,1H3/b17-11-,23-21?/t19-/m0/s1. The average Bonchev–Trinajstić information content (AvgIpc) is 3.37. The molecular weight excluding hydrogens is 448 g/mol. The molecule has 3 aromatic rings. The smallest absolute Gasteiger partial charge is 0.269 e. The Kier molecular flexibility index (Phi) is 6.42. The number of nitrogens with one attached hydrogen (secondary N) is 1. The minimum absolute atomic E-state index is 0.0396. The number of nitro benzene ring substituents is 1. The maximum absolute atomic E-state index is 12.9. The van der Waals surface area contributed by atoms with Gasteiger partial charge in [0.15, 0.2) is 5.78 Å². The fraction of sp³-hybridized carbons (Fsp3) is 0.182. The van der Waals surface area contributed by atoms with Crippen LogP contribution in [0.5, 0.6) is 5.75 Å². The molecule has 10 heteroatoms. The number of allylic oxidation sites excluding steroid dienone is 1. The molecule has 1 saturated heterocycles. The van der Waals surface area contributed by atoms with E-state index in [-0.39, 0.29) is 23.1 Å². The Morgan fingerprint density at radius 1 is 1.16 bits per heavy atom. The zero-order chi connectivity index (χ0) is 22.7. The van der Waals surface area contributed by atoms with Crippen LogP contribution in [0.25, 0.3) is 6.08 Å². The maximum Gasteiger partial charge on any atom is 0.269 e. The third-order valence-electron chi connectivity index (χ3n) is 4.75. The molecule has 0 radical (unpaired) electrons. The van der Waals surface area contributed by atoms with E-state index in [1.165, 1.54) is 23.5 Å². The number of nitrogens with zero attached hydrogens (tertiary/aromatic N) is 3. The Balaban J connectivity index is 1.41. The Bertz CT molecular complexity index is 1200. The number of thioether (sulfide) groups is 1. The van der Waals surface area contributed by atoms with Crippen LogP contribution in [-0.4, -0.2) is 25.9 Å². The summed E-state index contributed by atoms with van der Waals surface area (Å²) in [5.41, 5.74) is 1.68. The van der Waals surface area contributed by atoms with E-state index in [0.717, 1.165) is 34.3 Å². The number of non-ortho nitro benzene ring substituents is 1. The van der Waals surface area contributed by atoms with Crippen LogP contribution in [0.15, 0.2) is 53.4 Å². The van der Waals surface area contributed by atoms with E-state index in [9.17, 15) is 14.9 Å². The van der Waals surface area contributed by atoms with Crippen LogP contribution in [0, 0.1) is 15.5 Å². The molecule has 2 aromatic carbocycles. The number of aromatic nitrogens is 2. The van der Waals surface area contributed by atoms with Gasteiger partial charge in [-0.15, -0.1) is 21.5 Å². The number of nitro groups is 1. The zero-order valence-electron chi connectivity index (χ0n) is 17.0. The molecule has 0 aliphatic carbocycles. The van der Waals surface area contributed by atoms with Crippen molar-refractivity contribution in [2.45, 2.75) is 25.9 Å². The third kappa shape index (κ3) is 4.76. The van der Waals surface area contributed by atoms with Gasteiger partial charge in [0.05, 0.1) is 14.9 Å². The van der Waals surface area contributed by atoms with Crippen LogP contribution in [-0.2, 0) is 17.8 Å². The molecule has 4 rings (SSSR count). The van der Waals surface area contributed by atoms with Gasteiger partial charge < -0.3 is 4.74 Å². The van der Waals surface area contributed by atoms with Crippen molar-refractivity contribution in [1.29, 1.82) is 5.41 Å². The van der Waals surface area contributed by atoms with Crippen molar-refractivity contribution >= 4 is 45.7 Å².